The van der Waals surface area contributed by atoms with Gasteiger partial charge in [0.15, 0.2) is 0 Å². The Morgan fingerprint density at radius 3 is 1.40 bits per heavy atom. The number of hydrogen-bond donors (Lipinski definition) is 4. The first-order valence-electron chi connectivity index (χ1n) is 11.6. The first kappa shape index (κ1) is 27.4. The van der Waals surface area contributed by atoms with Gasteiger partial charge in [0.05, 0.1) is 11.4 Å². The van der Waals surface area contributed by atoms with Crippen LogP contribution < -0.4 is 30.7 Å². The lowest BCUT2D eigenvalue weighted by Crippen LogP contribution is -2.20. The molecule has 13 heteroatoms. The molecule has 2 aromatic carbocycles. The molecule has 0 bridgehead atoms. The zero-order valence-electron chi connectivity index (χ0n) is 21.1. The molecule has 0 unspecified atom stereocenters. The molecule has 0 spiro atoms. The van der Waals surface area contributed by atoms with Gasteiger partial charge in [-0.05, 0) is 36.4 Å². The highest BCUT2D eigenvalue weighted by Gasteiger charge is 2.14. The Hall–Kier alpha value is -5.59. The number of pyridine rings is 2. The number of amides is 4. The summed E-state index contributed by atoms with van der Waals surface area (Å²) in [6.07, 6.45) is 2.74. The second kappa shape index (κ2) is 12.3. The van der Waals surface area contributed by atoms with E-state index in [1.54, 1.807) is 0 Å². The number of ether oxygens (including phenoxy) is 2. The number of carbonyl (C=O) groups excluding carboxylic acids is 3. The number of anilines is 2. The third kappa shape index (κ3) is 6.83. The van der Waals surface area contributed by atoms with Gasteiger partial charge in [0.1, 0.15) is 46.0 Å². The number of carbonyl (C=O) groups is 3. The van der Waals surface area contributed by atoms with Crippen LogP contribution in [0.3, 0.4) is 0 Å². The number of nitrogens with zero attached hydrogens (tertiary/aromatic N) is 2. The number of benzene rings is 2. The maximum absolute atomic E-state index is 14.6. The van der Waals surface area contributed by atoms with Crippen LogP contribution in [0.1, 0.15) is 21.0 Å². The van der Waals surface area contributed by atoms with Crippen molar-refractivity contribution in [2.45, 2.75) is 0 Å². The van der Waals surface area contributed by atoms with E-state index < -0.39 is 29.5 Å². The molecule has 4 rings (SSSR count). The van der Waals surface area contributed by atoms with E-state index in [0.717, 1.165) is 12.1 Å². The summed E-state index contributed by atoms with van der Waals surface area (Å²) in [5.74, 6) is -1.73. The van der Waals surface area contributed by atoms with Crippen LogP contribution in [0.25, 0.3) is 0 Å². The van der Waals surface area contributed by atoms with Gasteiger partial charge in [-0.25, -0.2) is 13.6 Å². The first-order valence-corrected chi connectivity index (χ1v) is 11.6. The number of halogens is 2. The van der Waals surface area contributed by atoms with Gasteiger partial charge in [-0.1, -0.05) is 0 Å². The molecule has 4 N–H and O–H groups in total. The van der Waals surface area contributed by atoms with Gasteiger partial charge in [0, 0.05) is 50.8 Å². The normalized spacial score (nSPS) is 10.3. The molecule has 0 atom stereocenters. The molecule has 0 saturated carbocycles. The topological polar surface area (TPSA) is 144 Å². The second-order valence-electron chi connectivity index (χ2n) is 7.98. The van der Waals surface area contributed by atoms with E-state index in [-0.39, 0.29) is 45.8 Å². The van der Waals surface area contributed by atoms with Gasteiger partial charge in [0.2, 0.25) is 0 Å². The lowest BCUT2D eigenvalue weighted by atomic mass is 10.2. The fourth-order valence-electron chi connectivity index (χ4n) is 3.32. The summed E-state index contributed by atoms with van der Waals surface area (Å²) in [6, 6.07) is 12.3. The van der Waals surface area contributed by atoms with Crippen molar-refractivity contribution in [3.8, 4) is 23.0 Å². The molecular formula is C27H22F2N6O5. The molecule has 0 aliphatic carbocycles. The highest BCUT2D eigenvalue weighted by molar-refractivity contribution is 6.00. The van der Waals surface area contributed by atoms with Gasteiger partial charge in [0.25, 0.3) is 11.8 Å². The van der Waals surface area contributed by atoms with Crippen molar-refractivity contribution in [2.24, 2.45) is 0 Å². The van der Waals surface area contributed by atoms with Crippen LogP contribution in [-0.4, -0.2) is 41.9 Å². The van der Waals surface area contributed by atoms with Crippen molar-refractivity contribution in [3.05, 3.63) is 96.1 Å². The Morgan fingerprint density at radius 2 is 1.02 bits per heavy atom. The highest BCUT2D eigenvalue weighted by atomic mass is 19.1. The molecule has 11 nitrogen and oxygen atoms in total. The highest BCUT2D eigenvalue weighted by Crippen LogP contribution is 2.28. The maximum atomic E-state index is 14.6. The van der Waals surface area contributed by atoms with E-state index in [2.05, 4.69) is 31.2 Å². The van der Waals surface area contributed by atoms with Gasteiger partial charge < -0.3 is 30.7 Å². The summed E-state index contributed by atoms with van der Waals surface area (Å²) in [5.41, 5.74) is -0.129. The van der Waals surface area contributed by atoms with Crippen LogP contribution in [-0.2, 0) is 0 Å². The number of urea groups is 1. The minimum Gasteiger partial charge on any atom is -0.457 e. The van der Waals surface area contributed by atoms with Crippen molar-refractivity contribution < 1.29 is 32.6 Å². The summed E-state index contributed by atoms with van der Waals surface area (Å²) in [7, 11) is 2.92. The molecule has 40 heavy (non-hydrogen) atoms. The monoisotopic (exact) mass is 548 g/mol. The van der Waals surface area contributed by atoms with Gasteiger partial charge in [-0.15, -0.1) is 0 Å². The van der Waals surface area contributed by atoms with Gasteiger partial charge in [-0.3, -0.25) is 19.6 Å². The first-order chi connectivity index (χ1) is 19.2. The lowest BCUT2D eigenvalue weighted by molar-refractivity contribution is 0.0950. The quantitative estimate of drug-likeness (QED) is 0.250. The van der Waals surface area contributed by atoms with Crippen molar-refractivity contribution in [1.82, 2.24) is 20.6 Å². The summed E-state index contributed by atoms with van der Waals surface area (Å²) in [4.78, 5) is 43.7. The Kier molecular flexibility index (Phi) is 8.44. The molecular weight excluding hydrogens is 526 g/mol. The Bertz CT molecular complexity index is 1470. The minimum absolute atomic E-state index is 0.107. The van der Waals surface area contributed by atoms with Crippen LogP contribution in [0.5, 0.6) is 23.0 Å². The zero-order chi connectivity index (χ0) is 28.6. The second-order valence-corrected chi connectivity index (χ2v) is 7.98. The smallest absolute Gasteiger partial charge is 0.323 e. The minimum atomic E-state index is -0.895. The Labute approximate surface area is 226 Å². The summed E-state index contributed by atoms with van der Waals surface area (Å²) in [5, 5.41) is 9.48. The number of hydrogen-bond acceptors (Lipinski definition) is 7. The molecule has 0 aliphatic heterocycles. The zero-order valence-corrected chi connectivity index (χ0v) is 21.1. The van der Waals surface area contributed by atoms with Crippen LogP contribution in [0.2, 0.25) is 0 Å². The molecule has 2 aromatic heterocycles. The molecule has 2 heterocycles. The Morgan fingerprint density at radius 1 is 0.625 bits per heavy atom. The fraction of sp³-hybridized carbons (Fsp3) is 0.0741. The molecule has 4 amide bonds. The third-order valence-electron chi connectivity index (χ3n) is 5.23. The molecule has 204 valence electrons. The molecule has 0 radical (unpaired) electrons. The molecule has 0 fully saturated rings. The van der Waals surface area contributed by atoms with Gasteiger partial charge in [-0.2, -0.15) is 0 Å². The molecule has 4 aromatic rings. The molecule has 0 aliphatic rings. The van der Waals surface area contributed by atoms with Crippen LogP contribution >= 0.6 is 0 Å². The average molecular weight is 549 g/mol. The van der Waals surface area contributed by atoms with Crippen molar-refractivity contribution in [3.63, 3.8) is 0 Å². The standard InChI is InChI=1S/C27H22F2N6O5/c1-30-25(36)23-13-17(7-9-32-23)39-15-3-5-21(19(28)11-15)34-27(38)35-22-6-4-16(12-20(22)29)40-18-8-10-33-24(14-18)26(37)31-2/h3-14H,1-2H3,(H,30,36)(H,31,37)(H2,34,35,38). The van der Waals surface area contributed by atoms with E-state index in [1.807, 2.05) is 0 Å². The SMILES string of the molecule is CNC(=O)c1cc(Oc2ccc(NC(=O)Nc3ccc(Oc4ccnc(C(=O)NC)c4)cc3F)c(F)c2)ccn1. The summed E-state index contributed by atoms with van der Waals surface area (Å²) < 4.78 is 40.4. The van der Waals surface area contributed by atoms with Gasteiger partial charge >= 0.3 is 6.03 Å². The van der Waals surface area contributed by atoms with Crippen LogP contribution in [0.4, 0.5) is 25.0 Å². The number of nitrogens with one attached hydrogen (secondary N) is 4. The number of aromatic nitrogens is 2. The fourth-order valence-corrected chi connectivity index (χ4v) is 3.32. The van der Waals surface area contributed by atoms with Crippen molar-refractivity contribution in [1.29, 1.82) is 0 Å². The largest absolute Gasteiger partial charge is 0.457 e. The van der Waals surface area contributed by atoms with Crippen LogP contribution in [0, 0.1) is 11.6 Å². The van der Waals surface area contributed by atoms with Crippen LogP contribution in [0.15, 0.2) is 73.1 Å². The van der Waals surface area contributed by atoms with E-state index >= 15 is 0 Å². The predicted octanol–water partition coefficient (Wildman–Crippen LogP) is 4.70. The summed E-state index contributed by atoms with van der Waals surface area (Å²) in [6.45, 7) is 0. The van der Waals surface area contributed by atoms with Crippen molar-refractivity contribution in [2.75, 3.05) is 24.7 Å². The van der Waals surface area contributed by atoms with E-state index in [4.69, 9.17) is 9.47 Å². The summed E-state index contributed by atoms with van der Waals surface area (Å²) >= 11 is 0. The third-order valence-corrected chi connectivity index (χ3v) is 5.23. The predicted molar refractivity (Wildman–Crippen MR) is 141 cm³/mol. The van der Waals surface area contributed by atoms with E-state index in [9.17, 15) is 23.2 Å². The van der Waals surface area contributed by atoms with E-state index in [0.29, 0.717) is 0 Å². The van der Waals surface area contributed by atoms with E-state index in [1.165, 1.54) is 75.0 Å². The maximum Gasteiger partial charge on any atom is 0.323 e. The molecule has 0 saturated heterocycles. The number of rotatable bonds is 8. The average Bonchev–Trinajstić information content (AvgIpc) is 2.95. The Balaban J connectivity index is 1.37. The lowest BCUT2D eigenvalue weighted by Gasteiger charge is -2.12. The van der Waals surface area contributed by atoms with Crippen molar-refractivity contribution >= 4 is 29.2 Å².